The number of ether oxygens (including phenoxy) is 2. The second kappa shape index (κ2) is 9.70. The fraction of sp³-hybridized carbons (Fsp3) is 0.667. The topological polar surface area (TPSA) is 96.8 Å². The Hall–Kier alpha value is -0.910. The summed E-state index contributed by atoms with van der Waals surface area (Å²) in [6, 6.07) is 5.70. The lowest BCUT2D eigenvalue weighted by molar-refractivity contribution is -0.328. The molecule has 1 aromatic carbocycles. The van der Waals surface area contributed by atoms with Crippen molar-refractivity contribution < 1.29 is 18.6 Å². The van der Waals surface area contributed by atoms with Crippen molar-refractivity contribution in [2.45, 2.75) is 46.5 Å². The van der Waals surface area contributed by atoms with E-state index in [0.29, 0.717) is 37.8 Å². The molecule has 1 rings (SSSR count). The lowest BCUT2D eigenvalue weighted by atomic mass is 9.96. The maximum Gasteiger partial charge on any atom is 0.285 e. The van der Waals surface area contributed by atoms with Gasteiger partial charge in [-0.15, -0.1) is 0 Å². The minimum Gasteiger partial charge on any atom is -0.399 e. The van der Waals surface area contributed by atoms with E-state index in [0.717, 1.165) is 11.1 Å². The smallest absolute Gasteiger partial charge is 0.285 e. The molecule has 25 heavy (non-hydrogen) atoms. The Morgan fingerprint density at radius 1 is 1.20 bits per heavy atom. The number of nitrogens with two attached hydrogens (primary N) is 2. The summed E-state index contributed by atoms with van der Waals surface area (Å²) in [5, 5.41) is 0. The molecule has 0 bridgehead atoms. The number of nitrogen functional groups attached to an aromatic ring is 1. The molecule has 0 saturated heterocycles. The Bertz CT molecular complexity index is 588. The van der Waals surface area contributed by atoms with Gasteiger partial charge in [0, 0.05) is 44.1 Å². The van der Waals surface area contributed by atoms with Crippen molar-refractivity contribution in [3.05, 3.63) is 29.3 Å². The number of benzene rings is 1. The average molecular weight is 372 g/mol. The van der Waals surface area contributed by atoms with E-state index in [1.165, 1.54) is 0 Å². The van der Waals surface area contributed by atoms with Gasteiger partial charge in [0.15, 0.2) is 0 Å². The second-order valence-electron chi connectivity index (χ2n) is 6.18. The van der Waals surface area contributed by atoms with Gasteiger partial charge in [-0.3, -0.25) is 9.09 Å². The van der Waals surface area contributed by atoms with Gasteiger partial charge in [0.05, 0.1) is 0 Å². The molecule has 0 fully saturated rings. The zero-order chi connectivity index (χ0) is 19.1. The number of hydrogen-bond donors (Lipinski definition) is 2. The molecular weight excluding hydrogens is 339 g/mol. The molecule has 0 spiro atoms. The normalized spacial score (nSPS) is 15.8. The second-order valence-corrected chi connectivity index (χ2v) is 8.99. The minimum absolute atomic E-state index is 0.109. The monoisotopic (exact) mass is 372 g/mol. The molecule has 0 aliphatic carbocycles. The molecule has 0 saturated carbocycles. The highest BCUT2D eigenvalue weighted by Crippen LogP contribution is 2.53. The van der Waals surface area contributed by atoms with Gasteiger partial charge in [-0.05, 0) is 50.6 Å². The van der Waals surface area contributed by atoms with E-state index in [2.05, 4.69) is 0 Å². The number of rotatable bonds is 11. The first-order chi connectivity index (χ1) is 11.7. The summed E-state index contributed by atoms with van der Waals surface area (Å²) < 4.78 is 30.4. The van der Waals surface area contributed by atoms with E-state index < -0.39 is 13.3 Å². The van der Waals surface area contributed by atoms with Crippen LogP contribution >= 0.6 is 7.37 Å². The van der Waals surface area contributed by atoms with Crippen LogP contribution < -0.4 is 11.5 Å². The van der Waals surface area contributed by atoms with Gasteiger partial charge in [0.25, 0.3) is 5.97 Å². The molecule has 2 unspecified atom stereocenters. The van der Waals surface area contributed by atoms with E-state index in [1.54, 1.807) is 6.92 Å². The third-order valence-electron chi connectivity index (χ3n) is 4.15. The molecular formula is C18H33N2O4P. The summed E-state index contributed by atoms with van der Waals surface area (Å²) >= 11 is 0. The predicted octanol–water partition coefficient (Wildman–Crippen LogP) is 3.68. The van der Waals surface area contributed by atoms with Crippen molar-refractivity contribution >= 4 is 13.1 Å². The van der Waals surface area contributed by atoms with Crippen LogP contribution in [0.4, 0.5) is 5.69 Å². The van der Waals surface area contributed by atoms with Gasteiger partial charge in [0.1, 0.15) is 0 Å². The van der Waals surface area contributed by atoms with E-state index >= 15 is 0 Å². The Kier molecular flexibility index (Phi) is 8.58. The third-order valence-corrected chi connectivity index (χ3v) is 6.78. The molecule has 0 aliphatic rings. The standard InChI is InChI=1S/C18H33N2O4P/c1-6-22-18(5,23-7-2)24-25(21,8-3)13-15(12-19)17-11-16(20)10-9-14(17)4/h9-11,15H,6-8,12-13,19-20H2,1-5H3. The van der Waals surface area contributed by atoms with Crippen molar-refractivity contribution in [2.75, 3.05) is 37.8 Å². The van der Waals surface area contributed by atoms with Gasteiger partial charge >= 0.3 is 0 Å². The first-order valence-corrected chi connectivity index (χ1v) is 10.8. The van der Waals surface area contributed by atoms with Crippen LogP contribution in [0.2, 0.25) is 0 Å². The predicted molar refractivity (Wildman–Crippen MR) is 103 cm³/mol. The minimum atomic E-state index is -3.03. The SMILES string of the molecule is CCOC(C)(OCC)OP(=O)(CC)CC(CN)c1cc(N)ccc1C. The molecule has 4 N–H and O–H groups in total. The lowest BCUT2D eigenvalue weighted by Gasteiger charge is -2.34. The quantitative estimate of drug-likeness (QED) is 0.349. The van der Waals surface area contributed by atoms with Crippen LogP contribution in [0.5, 0.6) is 0 Å². The lowest BCUT2D eigenvalue weighted by Crippen LogP contribution is -2.36. The molecule has 7 heteroatoms. The van der Waals surface area contributed by atoms with Gasteiger partial charge in [-0.25, -0.2) is 0 Å². The molecule has 0 radical (unpaired) electrons. The van der Waals surface area contributed by atoms with E-state index in [-0.39, 0.29) is 5.92 Å². The van der Waals surface area contributed by atoms with E-state index in [1.807, 2.05) is 45.9 Å². The summed E-state index contributed by atoms with van der Waals surface area (Å²) in [6.45, 7) is 10.3. The van der Waals surface area contributed by atoms with Gasteiger partial charge in [-0.1, -0.05) is 13.0 Å². The first kappa shape index (κ1) is 22.1. The maximum absolute atomic E-state index is 13.4. The van der Waals surface area contributed by atoms with Crippen molar-refractivity contribution in [2.24, 2.45) is 5.73 Å². The summed E-state index contributed by atoms with van der Waals surface area (Å²) in [4.78, 5) is 0. The molecule has 144 valence electrons. The van der Waals surface area contributed by atoms with Crippen LogP contribution in [0.15, 0.2) is 18.2 Å². The fourth-order valence-electron chi connectivity index (χ4n) is 2.89. The summed E-state index contributed by atoms with van der Waals surface area (Å²) in [6.07, 6.45) is 0.695. The zero-order valence-electron chi connectivity index (χ0n) is 16.1. The highest BCUT2D eigenvalue weighted by Gasteiger charge is 2.37. The highest BCUT2D eigenvalue weighted by atomic mass is 31.2. The summed E-state index contributed by atoms with van der Waals surface area (Å²) in [7, 11) is -3.03. The maximum atomic E-state index is 13.4. The number of aryl methyl sites for hydroxylation is 1. The Balaban J connectivity index is 3.07. The molecule has 6 nitrogen and oxygen atoms in total. The molecule has 1 aromatic rings. The van der Waals surface area contributed by atoms with Gasteiger partial charge < -0.3 is 20.9 Å². The van der Waals surface area contributed by atoms with Crippen LogP contribution in [0.3, 0.4) is 0 Å². The van der Waals surface area contributed by atoms with Gasteiger partial charge in [-0.2, -0.15) is 0 Å². The third kappa shape index (κ3) is 6.39. The Labute approximate surface area is 151 Å². The van der Waals surface area contributed by atoms with E-state index in [4.69, 9.17) is 25.5 Å². The molecule has 0 heterocycles. The van der Waals surface area contributed by atoms with Crippen molar-refractivity contribution in [1.29, 1.82) is 0 Å². The van der Waals surface area contributed by atoms with Crippen LogP contribution in [-0.2, 0) is 18.6 Å². The molecule has 2 atom stereocenters. The van der Waals surface area contributed by atoms with Crippen LogP contribution in [-0.4, -0.2) is 38.1 Å². The fourth-order valence-corrected chi connectivity index (χ4v) is 5.08. The van der Waals surface area contributed by atoms with Crippen molar-refractivity contribution in [1.82, 2.24) is 0 Å². The number of hydrogen-bond acceptors (Lipinski definition) is 6. The van der Waals surface area contributed by atoms with Crippen molar-refractivity contribution in [3.63, 3.8) is 0 Å². The van der Waals surface area contributed by atoms with Crippen LogP contribution in [0.1, 0.15) is 44.7 Å². The molecule has 0 aliphatic heterocycles. The summed E-state index contributed by atoms with van der Waals surface area (Å²) in [5.74, 6) is -1.43. The average Bonchev–Trinajstić information content (AvgIpc) is 2.55. The molecule has 0 amide bonds. The van der Waals surface area contributed by atoms with Crippen LogP contribution in [0.25, 0.3) is 0 Å². The molecule has 0 aromatic heterocycles. The first-order valence-electron chi connectivity index (χ1n) is 8.85. The Morgan fingerprint density at radius 2 is 1.80 bits per heavy atom. The largest absolute Gasteiger partial charge is 0.399 e. The summed E-state index contributed by atoms with van der Waals surface area (Å²) in [5.41, 5.74) is 14.7. The van der Waals surface area contributed by atoms with Crippen molar-refractivity contribution in [3.8, 4) is 0 Å². The van der Waals surface area contributed by atoms with Gasteiger partial charge in [0.2, 0.25) is 7.37 Å². The van der Waals surface area contributed by atoms with E-state index in [9.17, 15) is 4.57 Å². The van der Waals surface area contributed by atoms with Crippen LogP contribution in [0, 0.1) is 6.92 Å². The number of anilines is 1. The Morgan fingerprint density at radius 3 is 2.28 bits per heavy atom. The zero-order valence-corrected chi connectivity index (χ0v) is 17.0. The highest BCUT2D eigenvalue weighted by molar-refractivity contribution is 7.59.